The first kappa shape index (κ1) is 19.8. The first-order valence-corrected chi connectivity index (χ1v) is 9.42. The summed E-state index contributed by atoms with van der Waals surface area (Å²) in [6, 6.07) is 14.0. The molecule has 0 saturated heterocycles. The highest BCUT2D eigenvalue weighted by Crippen LogP contribution is 2.17. The molecule has 9 heteroatoms. The van der Waals surface area contributed by atoms with Gasteiger partial charge in [-0.3, -0.25) is 4.79 Å². The number of halogens is 3. The van der Waals surface area contributed by atoms with Gasteiger partial charge in [0.2, 0.25) is 0 Å². The van der Waals surface area contributed by atoms with Crippen LogP contribution in [0.5, 0.6) is 0 Å². The van der Waals surface area contributed by atoms with Gasteiger partial charge in [-0.15, -0.1) is 5.10 Å². The summed E-state index contributed by atoms with van der Waals surface area (Å²) in [4.78, 5) is 12.8. The second kappa shape index (κ2) is 8.46. The Balaban J connectivity index is 1.61. The van der Waals surface area contributed by atoms with Gasteiger partial charge in [-0.1, -0.05) is 28.9 Å². The number of hydrogen-bond donors (Lipinski definition) is 1. The van der Waals surface area contributed by atoms with Crippen molar-refractivity contribution in [2.45, 2.75) is 13.1 Å². The lowest BCUT2D eigenvalue weighted by molar-refractivity contribution is 0.0945. The number of nitrogens with one attached hydrogen (secondary N) is 1. The second-order valence-electron chi connectivity index (χ2n) is 6.60. The molecule has 0 atom stereocenters. The number of hydrogen-bond acceptors (Lipinski definition) is 3. The third kappa shape index (κ3) is 4.38. The van der Waals surface area contributed by atoms with Gasteiger partial charge in [-0.2, -0.15) is 0 Å². The Morgan fingerprint density at radius 3 is 2.43 bits per heavy atom. The Kier molecular flexibility index (Phi) is 5.58. The number of amides is 1. The third-order valence-corrected chi connectivity index (χ3v) is 4.60. The molecule has 6 nitrogen and oxygen atoms in total. The number of rotatable bonds is 6. The third-order valence-electron chi connectivity index (χ3n) is 4.37. The van der Waals surface area contributed by atoms with Crippen molar-refractivity contribution in [1.29, 1.82) is 0 Å². The average Bonchev–Trinajstić information content (AvgIpc) is 3.35. The van der Waals surface area contributed by atoms with E-state index < -0.39 is 17.5 Å². The van der Waals surface area contributed by atoms with Crippen molar-refractivity contribution >= 4 is 17.5 Å². The predicted octanol–water partition coefficient (Wildman–Crippen LogP) is 3.98. The number of carbonyl (C=O) groups is 1. The quantitative estimate of drug-likeness (QED) is 0.506. The number of aromatic nitrogens is 4. The molecule has 0 aliphatic carbocycles. The summed E-state index contributed by atoms with van der Waals surface area (Å²) in [5.74, 6) is -1.47. The summed E-state index contributed by atoms with van der Waals surface area (Å²) in [5, 5.41) is 11.4. The van der Waals surface area contributed by atoms with Crippen LogP contribution in [0.25, 0.3) is 5.82 Å². The van der Waals surface area contributed by atoms with Crippen LogP contribution in [-0.4, -0.2) is 25.5 Å². The van der Waals surface area contributed by atoms with E-state index in [0.29, 0.717) is 22.9 Å². The molecule has 0 saturated carbocycles. The van der Waals surface area contributed by atoms with Crippen molar-refractivity contribution in [1.82, 2.24) is 24.9 Å². The molecule has 0 bridgehead atoms. The zero-order chi connectivity index (χ0) is 21.1. The Hall–Kier alpha value is -3.52. The van der Waals surface area contributed by atoms with Crippen molar-refractivity contribution in [3.63, 3.8) is 0 Å². The molecule has 152 valence electrons. The first-order valence-electron chi connectivity index (χ1n) is 9.04. The van der Waals surface area contributed by atoms with E-state index in [1.54, 1.807) is 33.8 Å². The lowest BCUT2D eigenvalue weighted by atomic mass is 10.2. The SMILES string of the molecule is O=C(NCc1cc(F)cc(F)c1)c1nnn(Cc2cccc(Cl)c2)c1-n1cccc1. The summed E-state index contributed by atoms with van der Waals surface area (Å²) < 4.78 is 30.1. The molecule has 2 aromatic heterocycles. The molecule has 0 unspecified atom stereocenters. The maximum Gasteiger partial charge on any atom is 0.276 e. The van der Waals surface area contributed by atoms with Crippen molar-refractivity contribution in [3.05, 3.63) is 100 Å². The van der Waals surface area contributed by atoms with Gasteiger partial charge in [0.15, 0.2) is 11.5 Å². The van der Waals surface area contributed by atoms with Gasteiger partial charge in [0, 0.05) is 30.0 Å². The van der Waals surface area contributed by atoms with Crippen LogP contribution in [0.1, 0.15) is 21.6 Å². The van der Waals surface area contributed by atoms with Gasteiger partial charge in [0.05, 0.1) is 6.54 Å². The van der Waals surface area contributed by atoms with E-state index in [1.165, 1.54) is 0 Å². The molecule has 0 spiro atoms. The molecule has 2 heterocycles. The van der Waals surface area contributed by atoms with Crippen LogP contribution in [0.15, 0.2) is 67.0 Å². The normalized spacial score (nSPS) is 10.9. The Morgan fingerprint density at radius 2 is 1.73 bits per heavy atom. The fourth-order valence-electron chi connectivity index (χ4n) is 3.08. The van der Waals surface area contributed by atoms with E-state index in [4.69, 9.17) is 11.6 Å². The minimum atomic E-state index is -0.709. The summed E-state index contributed by atoms with van der Waals surface area (Å²) in [6.45, 7) is 0.295. The Labute approximate surface area is 175 Å². The molecule has 4 rings (SSSR count). The van der Waals surface area contributed by atoms with Gasteiger partial charge in [-0.05, 0) is 47.5 Å². The standard InChI is InChI=1S/C21H16ClF2N5O/c22-16-5-3-4-14(8-16)13-29-21(28-6-1-2-7-28)19(26-27-29)20(30)25-12-15-9-17(23)11-18(24)10-15/h1-11H,12-13H2,(H,25,30). The van der Waals surface area contributed by atoms with Gasteiger partial charge in [0.1, 0.15) is 11.6 Å². The molecule has 1 N–H and O–H groups in total. The van der Waals surface area contributed by atoms with Crippen molar-refractivity contribution in [2.75, 3.05) is 0 Å². The zero-order valence-electron chi connectivity index (χ0n) is 15.6. The van der Waals surface area contributed by atoms with Crippen LogP contribution < -0.4 is 5.32 Å². The monoisotopic (exact) mass is 427 g/mol. The second-order valence-corrected chi connectivity index (χ2v) is 7.04. The van der Waals surface area contributed by atoms with Crippen LogP contribution in [0.4, 0.5) is 8.78 Å². The fraction of sp³-hybridized carbons (Fsp3) is 0.0952. The highest BCUT2D eigenvalue weighted by Gasteiger charge is 2.21. The van der Waals surface area contributed by atoms with E-state index in [2.05, 4.69) is 15.6 Å². The van der Waals surface area contributed by atoms with Crippen LogP contribution in [0.2, 0.25) is 5.02 Å². The molecule has 0 aliphatic heterocycles. The lowest BCUT2D eigenvalue weighted by Gasteiger charge is -2.10. The van der Waals surface area contributed by atoms with E-state index in [-0.39, 0.29) is 12.2 Å². The Morgan fingerprint density at radius 1 is 1.00 bits per heavy atom. The molecule has 1 amide bonds. The smallest absolute Gasteiger partial charge is 0.276 e. The maximum atomic E-state index is 13.4. The van der Waals surface area contributed by atoms with E-state index in [1.807, 2.05) is 24.3 Å². The van der Waals surface area contributed by atoms with Crippen molar-refractivity contribution < 1.29 is 13.6 Å². The minimum absolute atomic E-state index is 0.0558. The van der Waals surface area contributed by atoms with Crippen LogP contribution in [0.3, 0.4) is 0 Å². The highest BCUT2D eigenvalue weighted by molar-refractivity contribution is 6.30. The van der Waals surface area contributed by atoms with E-state index in [9.17, 15) is 13.6 Å². The average molecular weight is 428 g/mol. The summed E-state index contributed by atoms with van der Waals surface area (Å²) >= 11 is 6.06. The van der Waals surface area contributed by atoms with Crippen LogP contribution >= 0.6 is 11.6 Å². The van der Waals surface area contributed by atoms with Crippen LogP contribution in [0, 0.1) is 11.6 Å². The largest absolute Gasteiger partial charge is 0.346 e. The summed E-state index contributed by atoms with van der Waals surface area (Å²) in [6.07, 6.45) is 3.54. The lowest BCUT2D eigenvalue weighted by Crippen LogP contribution is -2.25. The molecular formula is C21H16ClF2N5O. The first-order chi connectivity index (χ1) is 14.5. The van der Waals surface area contributed by atoms with Gasteiger partial charge >= 0.3 is 0 Å². The summed E-state index contributed by atoms with van der Waals surface area (Å²) in [7, 11) is 0. The fourth-order valence-corrected chi connectivity index (χ4v) is 3.29. The van der Waals surface area contributed by atoms with Gasteiger partial charge in [0.25, 0.3) is 5.91 Å². The molecule has 30 heavy (non-hydrogen) atoms. The molecule has 0 fully saturated rings. The predicted molar refractivity (Wildman–Crippen MR) is 107 cm³/mol. The topological polar surface area (TPSA) is 64.7 Å². The van der Waals surface area contributed by atoms with Crippen molar-refractivity contribution in [2.24, 2.45) is 0 Å². The van der Waals surface area contributed by atoms with Crippen LogP contribution in [-0.2, 0) is 13.1 Å². The number of benzene rings is 2. The molecule has 4 aromatic rings. The molecule has 2 aromatic carbocycles. The molecule has 0 radical (unpaired) electrons. The zero-order valence-corrected chi connectivity index (χ0v) is 16.4. The minimum Gasteiger partial charge on any atom is -0.346 e. The number of carbonyl (C=O) groups excluding carboxylic acids is 1. The van der Waals surface area contributed by atoms with Crippen molar-refractivity contribution in [3.8, 4) is 5.82 Å². The van der Waals surface area contributed by atoms with E-state index in [0.717, 1.165) is 23.8 Å². The van der Waals surface area contributed by atoms with Gasteiger partial charge < -0.3 is 9.88 Å². The number of nitrogens with zero attached hydrogens (tertiary/aromatic N) is 4. The van der Waals surface area contributed by atoms with E-state index >= 15 is 0 Å². The maximum absolute atomic E-state index is 13.4. The highest BCUT2D eigenvalue weighted by atomic mass is 35.5. The molecular weight excluding hydrogens is 412 g/mol. The Bertz CT molecular complexity index is 1170. The summed E-state index contributed by atoms with van der Waals surface area (Å²) in [5.41, 5.74) is 1.28. The van der Waals surface area contributed by atoms with Gasteiger partial charge in [-0.25, -0.2) is 13.5 Å². The molecule has 0 aliphatic rings.